The molecule has 1 fully saturated rings. The van der Waals surface area contributed by atoms with Gasteiger partial charge in [-0.25, -0.2) is 8.42 Å². The van der Waals surface area contributed by atoms with Gasteiger partial charge in [0.1, 0.15) is 6.54 Å². The monoisotopic (exact) mass is 369 g/mol. The second-order valence-electron chi connectivity index (χ2n) is 6.26. The van der Waals surface area contributed by atoms with Gasteiger partial charge in [0.2, 0.25) is 15.9 Å². The summed E-state index contributed by atoms with van der Waals surface area (Å²) in [5, 5.41) is 2.80. The Balaban J connectivity index is 1.82. The SMILES string of the molecule is Cc1ccc(N(CC(=O)NCCCN2CCOCC2)S(C)(=O)=O)cc1. The van der Waals surface area contributed by atoms with Crippen molar-refractivity contribution in [2.45, 2.75) is 13.3 Å². The van der Waals surface area contributed by atoms with Crippen LogP contribution in [0.5, 0.6) is 0 Å². The summed E-state index contributed by atoms with van der Waals surface area (Å²) < 4.78 is 30.5. The number of morpholine rings is 1. The van der Waals surface area contributed by atoms with Crippen LogP contribution in [0.3, 0.4) is 0 Å². The third-order valence-corrected chi connectivity index (χ3v) is 5.23. The molecule has 1 saturated heterocycles. The zero-order valence-corrected chi connectivity index (χ0v) is 15.7. The largest absolute Gasteiger partial charge is 0.379 e. The lowest BCUT2D eigenvalue weighted by Gasteiger charge is -2.26. The number of nitrogens with one attached hydrogen (secondary N) is 1. The highest BCUT2D eigenvalue weighted by Crippen LogP contribution is 2.17. The number of carbonyl (C=O) groups is 1. The molecule has 0 aromatic heterocycles. The fourth-order valence-electron chi connectivity index (χ4n) is 2.65. The van der Waals surface area contributed by atoms with Gasteiger partial charge in [0.05, 0.1) is 25.2 Å². The maximum atomic E-state index is 12.1. The summed E-state index contributed by atoms with van der Waals surface area (Å²) >= 11 is 0. The van der Waals surface area contributed by atoms with Gasteiger partial charge in [0.15, 0.2) is 0 Å². The lowest BCUT2D eigenvalue weighted by Crippen LogP contribution is -2.41. The molecular weight excluding hydrogens is 342 g/mol. The van der Waals surface area contributed by atoms with Crippen LogP contribution in [0, 0.1) is 6.92 Å². The molecule has 7 nitrogen and oxygen atoms in total. The van der Waals surface area contributed by atoms with Crippen molar-refractivity contribution in [1.82, 2.24) is 10.2 Å². The fourth-order valence-corrected chi connectivity index (χ4v) is 3.51. The Morgan fingerprint density at radius 3 is 2.48 bits per heavy atom. The van der Waals surface area contributed by atoms with Crippen molar-refractivity contribution in [1.29, 1.82) is 0 Å². The van der Waals surface area contributed by atoms with E-state index in [1.807, 2.05) is 19.1 Å². The van der Waals surface area contributed by atoms with Gasteiger partial charge in [-0.2, -0.15) is 0 Å². The molecule has 0 spiro atoms. The molecule has 140 valence electrons. The molecule has 0 bridgehead atoms. The number of amides is 1. The summed E-state index contributed by atoms with van der Waals surface area (Å²) in [6.07, 6.45) is 1.94. The molecule has 1 aliphatic rings. The molecular formula is C17H27N3O4S. The average molecular weight is 369 g/mol. The number of hydrogen-bond acceptors (Lipinski definition) is 5. The van der Waals surface area contributed by atoms with Crippen molar-refractivity contribution in [3.8, 4) is 0 Å². The van der Waals surface area contributed by atoms with Gasteiger partial charge in [-0.1, -0.05) is 17.7 Å². The Labute approximate surface area is 150 Å². The first-order valence-electron chi connectivity index (χ1n) is 8.47. The Morgan fingerprint density at radius 1 is 1.24 bits per heavy atom. The quantitative estimate of drug-likeness (QED) is 0.679. The van der Waals surface area contributed by atoms with Crippen molar-refractivity contribution in [3.63, 3.8) is 0 Å². The molecule has 0 radical (unpaired) electrons. The number of nitrogens with zero attached hydrogens (tertiary/aromatic N) is 2. The van der Waals surface area contributed by atoms with E-state index in [0.29, 0.717) is 12.2 Å². The molecule has 1 N–H and O–H groups in total. The molecule has 1 aromatic rings. The van der Waals surface area contributed by atoms with Crippen LogP contribution in [-0.4, -0.2) is 71.4 Å². The lowest BCUT2D eigenvalue weighted by atomic mass is 10.2. The molecule has 1 aliphatic heterocycles. The summed E-state index contributed by atoms with van der Waals surface area (Å²) in [7, 11) is -3.52. The molecule has 1 amide bonds. The van der Waals surface area contributed by atoms with Gasteiger partial charge in [-0.05, 0) is 32.0 Å². The summed E-state index contributed by atoms with van der Waals surface area (Å²) in [6.45, 7) is 6.50. The van der Waals surface area contributed by atoms with Gasteiger partial charge in [0.25, 0.3) is 0 Å². The molecule has 0 atom stereocenters. The second-order valence-corrected chi connectivity index (χ2v) is 8.17. The Bertz CT molecular complexity index is 655. The Morgan fingerprint density at radius 2 is 1.88 bits per heavy atom. The first-order chi connectivity index (χ1) is 11.9. The summed E-state index contributed by atoms with van der Waals surface area (Å²) in [6, 6.07) is 7.08. The topological polar surface area (TPSA) is 79.0 Å². The van der Waals surface area contributed by atoms with Crippen LogP contribution in [0.4, 0.5) is 5.69 Å². The van der Waals surface area contributed by atoms with Gasteiger partial charge >= 0.3 is 0 Å². The van der Waals surface area contributed by atoms with Crippen molar-refractivity contribution in [3.05, 3.63) is 29.8 Å². The minimum Gasteiger partial charge on any atom is -0.379 e. The highest BCUT2D eigenvalue weighted by atomic mass is 32.2. The fraction of sp³-hybridized carbons (Fsp3) is 0.588. The summed E-state index contributed by atoms with van der Waals surface area (Å²) in [4.78, 5) is 14.4. The number of carbonyl (C=O) groups excluding carboxylic acids is 1. The van der Waals surface area contributed by atoms with Crippen molar-refractivity contribution in [2.24, 2.45) is 0 Å². The van der Waals surface area contributed by atoms with Crippen molar-refractivity contribution in [2.75, 3.05) is 56.5 Å². The standard InChI is InChI=1S/C17H27N3O4S/c1-15-4-6-16(7-5-15)20(25(2,22)23)14-17(21)18-8-3-9-19-10-12-24-13-11-19/h4-7H,3,8-14H2,1-2H3,(H,18,21). The van der Waals surface area contributed by atoms with Gasteiger partial charge < -0.3 is 10.1 Å². The van der Waals surface area contributed by atoms with Crippen LogP contribution in [0.15, 0.2) is 24.3 Å². The van der Waals surface area contributed by atoms with E-state index >= 15 is 0 Å². The number of anilines is 1. The third kappa shape index (κ3) is 6.64. The Kier molecular flexibility index (Phi) is 7.22. The molecule has 0 unspecified atom stereocenters. The highest BCUT2D eigenvalue weighted by Gasteiger charge is 2.20. The first-order valence-corrected chi connectivity index (χ1v) is 10.3. The number of ether oxygens (including phenoxy) is 1. The minimum atomic E-state index is -3.52. The molecule has 1 aromatic carbocycles. The normalized spacial score (nSPS) is 15.8. The lowest BCUT2D eigenvalue weighted by molar-refractivity contribution is -0.119. The number of sulfonamides is 1. The summed E-state index contributed by atoms with van der Waals surface area (Å²) in [5.74, 6) is -0.298. The van der Waals surface area contributed by atoms with Crippen LogP contribution in [0.25, 0.3) is 0 Å². The van der Waals surface area contributed by atoms with E-state index in [2.05, 4.69) is 10.2 Å². The maximum absolute atomic E-state index is 12.1. The van der Waals surface area contributed by atoms with E-state index in [1.54, 1.807) is 12.1 Å². The first kappa shape index (κ1) is 19.7. The zero-order valence-electron chi connectivity index (χ0n) is 14.9. The van der Waals surface area contributed by atoms with Crippen molar-refractivity contribution >= 4 is 21.6 Å². The van der Waals surface area contributed by atoms with E-state index in [9.17, 15) is 13.2 Å². The Hall–Kier alpha value is -1.64. The molecule has 2 rings (SSSR count). The van der Waals surface area contributed by atoms with Crippen LogP contribution in [0.2, 0.25) is 0 Å². The van der Waals surface area contributed by atoms with E-state index in [4.69, 9.17) is 4.74 Å². The average Bonchev–Trinajstić information content (AvgIpc) is 2.57. The predicted octanol–water partition coefficient (Wildman–Crippen LogP) is 0.600. The molecule has 25 heavy (non-hydrogen) atoms. The third-order valence-electron chi connectivity index (χ3n) is 4.09. The minimum absolute atomic E-state index is 0.209. The highest BCUT2D eigenvalue weighted by molar-refractivity contribution is 7.92. The molecule has 8 heteroatoms. The van der Waals surface area contributed by atoms with Gasteiger partial charge in [-0.3, -0.25) is 14.0 Å². The number of rotatable bonds is 8. The van der Waals surface area contributed by atoms with E-state index in [0.717, 1.165) is 55.4 Å². The molecule has 0 aliphatic carbocycles. The van der Waals surface area contributed by atoms with Crippen LogP contribution in [0.1, 0.15) is 12.0 Å². The smallest absolute Gasteiger partial charge is 0.240 e. The van der Waals surface area contributed by atoms with Gasteiger partial charge in [-0.15, -0.1) is 0 Å². The summed E-state index contributed by atoms with van der Waals surface area (Å²) in [5.41, 5.74) is 1.53. The zero-order chi connectivity index (χ0) is 18.3. The number of benzene rings is 1. The maximum Gasteiger partial charge on any atom is 0.240 e. The van der Waals surface area contributed by atoms with Crippen LogP contribution >= 0.6 is 0 Å². The molecule has 0 saturated carbocycles. The van der Waals surface area contributed by atoms with Gasteiger partial charge in [0, 0.05) is 19.6 Å². The molecule has 1 heterocycles. The second kappa shape index (κ2) is 9.17. The van der Waals surface area contributed by atoms with E-state index in [1.165, 1.54) is 0 Å². The van der Waals surface area contributed by atoms with Crippen molar-refractivity contribution < 1.29 is 17.9 Å². The van der Waals surface area contributed by atoms with Crippen LogP contribution < -0.4 is 9.62 Å². The number of hydrogen-bond donors (Lipinski definition) is 1. The van der Waals surface area contributed by atoms with E-state index < -0.39 is 10.0 Å². The van der Waals surface area contributed by atoms with Crippen LogP contribution in [-0.2, 0) is 19.6 Å². The number of aryl methyl sites for hydroxylation is 1. The predicted molar refractivity (Wildman–Crippen MR) is 98.3 cm³/mol. The van der Waals surface area contributed by atoms with E-state index in [-0.39, 0.29) is 12.5 Å².